The average molecular weight is 422 g/mol. The highest BCUT2D eigenvalue weighted by atomic mass is 35.5. The molecular formula is C20H18ClF2N3O3. The van der Waals surface area contributed by atoms with Gasteiger partial charge in [0.25, 0.3) is 5.91 Å². The van der Waals surface area contributed by atoms with Crippen molar-refractivity contribution in [3.63, 3.8) is 0 Å². The molecule has 29 heavy (non-hydrogen) atoms. The number of anilines is 1. The Hall–Kier alpha value is -2.58. The van der Waals surface area contributed by atoms with E-state index >= 15 is 0 Å². The van der Waals surface area contributed by atoms with Crippen LogP contribution in [0.5, 0.6) is 0 Å². The van der Waals surface area contributed by atoms with E-state index < -0.39 is 17.8 Å². The van der Waals surface area contributed by atoms with Crippen LogP contribution in [0.15, 0.2) is 30.5 Å². The first-order valence-electron chi connectivity index (χ1n) is 9.10. The monoisotopic (exact) mass is 421 g/mol. The molecule has 2 fully saturated rings. The van der Waals surface area contributed by atoms with Crippen LogP contribution >= 0.6 is 11.6 Å². The summed E-state index contributed by atoms with van der Waals surface area (Å²) in [6.45, 7) is 2.10. The minimum atomic E-state index is -0.813. The fourth-order valence-electron chi connectivity index (χ4n) is 3.62. The zero-order valence-corrected chi connectivity index (χ0v) is 16.3. The van der Waals surface area contributed by atoms with Crippen molar-refractivity contribution in [2.24, 2.45) is 5.92 Å². The summed E-state index contributed by atoms with van der Waals surface area (Å²) in [6.07, 6.45) is 1.23. The normalized spacial score (nSPS) is 20.2. The van der Waals surface area contributed by atoms with Gasteiger partial charge < -0.3 is 9.64 Å². The maximum Gasteiger partial charge on any atom is 0.251 e. The number of benzene rings is 1. The van der Waals surface area contributed by atoms with E-state index in [4.69, 9.17) is 16.3 Å². The lowest BCUT2D eigenvalue weighted by Crippen LogP contribution is -2.65. The second-order valence-electron chi connectivity index (χ2n) is 7.23. The van der Waals surface area contributed by atoms with Crippen molar-refractivity contribution >= 4 is 29.2 Å². The van der Waals surface area contributed by atoms with Crippen LogP contribution in [-0.2, 0) is 20.9 Å². The number of aromatic nitrogens is 1. The fourth-order valence-corrected chi connectivity index (χ4v) is 3.76. The van der Waals surface area contributed by atoms with Gasteiger partial charge >= 0.3 is 0 Å². The fraction of sp³-hybridized carbons (Fsp3) is 0.350. The third-order valence-electron chi connectivity index (χ3n) is 5.20. The first-order chi connectivity index (χ1) is 13.8. The smallest absolute Gasteiger partial charge is 0.251 e. The minimum absolute atomic E-state index is 0.0966. The number of aryl methyl sites for hydroxylation is 1. The summed E-state index contributed by atoms with van der Waals surface area (Å²) >= 11 is 5.74. The molecule has 2 amide bonds. The van der Waals surface area contributed by atoms with Gasteiger partial charge in [0.2, 0.25) is 5.91 Å². The van der Waals surface area contributed by atoms with Gasteiger partial charge in [0.1, 0.15) is 18.4 Å². The van der Waals surface area contributed by atoms with E-state index in [0.29, 0.717) is 24.3 Å². The Morgan fingerprint density at radius 1 is 1.21 bits per heavy atom. The van der Waals surface area contributed by atoms with Gasteiger partial charge in [0, 0.05) is 18.7 Å². The summed E-state index contributed by atoms with van der Waals surface area (Å²) in [6, 6.07) is 4.81. The summed E-state index contributed by atoms with van der Waals surface area (Å²) in [5.74, 6) is -2.31. The van der Waals surface area contributed by atoms with Gasteiger partial charge in [0.15, 0.2) is 11.6 Å². The van der Waals surface area contributed by atoms with Gasteiger partial charge in [-0.05, 0) is 30.2 Å². The van der Waals surface area contributed by atoms with Gasteiger partial charge in [-0.25, -0.2) is 13.8 Å². The van der Waals surface area contributed by atoms with E-state index in [2.05, 4.69) is 4.98 Å². The Kier molecular flexibility index (Phi) is 5.23. The van der Waals surface area contributed by atoms with Crippen molar-refractivity contribution in [2.45, 2.75) is 19.5 Å². The van der Waals surface area contributed by atoms with Crippen molar-refractivity contribution in [3.8, 4) is 0 Å². The van der Waals surface area contributed by atoms with E-state index in [0.717, 1.165) is 11.0 Å². The highest BCUT2D eigenvalue weighted by Crippen LogP contribution is 2.30. The maximum absolute atomic E-state index is 14.4. The van der Waals surface area contributed by atoms with Crippen molar-refractivity contribution in [2.75, 3.05) is 24.7 Å². The predicted molar refractivity (Wildman–Crippen MR) is 101 cm³/mol. The molecule has 0 spiro atoms. The quantitative estimate of drug-likeness (QED) is 0.761. The van der Waals surface area contributed by atoms with E-state index in [1.807, 2.05) is 0 Å². The molecule has 0 saturated carbocycles. The molecule has 152 valence electrons. The number of hydrogen-bond donors (Lipinski definition) is 0. The number of halogens is 3. The molecular weight excluding hydrogens is 404 g/mol. The molecule has 0 N–H and O–H groups in total. The SMILES string of the molecule is Cc1cc(CN2C(=O)CN(c3ncc(Cl)cc3F)C(=O)C2C2COC2)ccc1F. The van der Waals surface area contributed by atoms with Crippen molar-refractivity contribution in [1.82, 2.24) is 9.88 Å². The molecule has 1 aromatic carbocycles. The Bertz CT molecular complexity index is 983. The van der Waals surface area contributed by atoms with E-state index in [1.165, 1.54) is 17.2 Å². The standard InChI is InChI=1S/C20H18ClF2N3O3/c1-11-4-12(2-3-15(11)22)7-25-17(27)8-26(19-16(23)5-14(21)6-24-19)20(28)18(25)13-9-29-10-13/h2-6,13,18H,7-10H2,1H3. The van der Waals surface area contributed by atoms with Crippen LogP contribution in [0.1, 0.15) is 11.1 Å². The Labute approximate surface area is 171 Å². The molecule has 9 heteroatoms. The molecule has 1 atom stereocenters. The highest BCUT2D eigenvalue weighted by Gasteiger charge is 2.47. The molecule has 4 rings (SSSR count). The number of pyridine rings is 1. The zero-order valence-electron chi connectivity index (χ0n) is 15.6. The van der Waals surface area contributed by atoms with Crippen LogP contribution in [0.25, 0.3) is 0 Å². The topological polar surface area (TPSA) is 62.7 Å². The van der Waals surface area contributed by atoms with Gasteiger partial charge in [-0.3, -0.25) is 14.5 Å². The third-order valence-corrected chi connectivity index (χ3v) is 5.40. The summed E-state index contributed by atoms with van der Waals surface area (Å²) < 4.78 is 33.2. The van der Waals surface area contributed by atoms with Gasteiger partial charge in [-0.1, -0.05) is 23.7 Å². The number of ether oxygens (including phenoxy) is 1. The number of piperazine rings is 1. The van der Waals surface area contributed by atoms with Crippen molar-refractivity contribution < 1.29 is 23.1 Å². The van der Waals surface area contributed by atoms with Gasteiger partial charge in [-0.15, -0.1) is 0 Å². The molecule has 1 unspecified atom stereocenters. The van der Waals surface area contributed by atoms with Crippen LogP contribution in [0.2, 0.25) is 5.02 Å². The van der Waals surface area contributed by atoms with E-state index in [-0.39, 0.29) is 41.6 Å². The summed E-state index contributed by atoms with van der Waals surface area (Å²) in [5.41, 5.74) is 1.16. The van der Waals surface area contributed by atoms with Crippen LogP contribution < -0.4 is 4.90 Å². The number of carbonyl (C=O) groups excluding carboxylic acids is 2. The van der Waals surface area contributed by atoms with Gasteiger partial charge in [-0.2, -0.15) is 0 Å². The second kappa shape index (κ2) is 7.68. The Morgan fingerprint density at radius 2 is 1.97 bits per heavy atom. The van der Waals surface area contributed by atoms with Crippen LogP contribution in [0, 0.1) is 24.5 Å². The molecule has 0 aliphatic carbocycles. The molecule has 0 bridgehead atoms. The van der Waals surface area contributed by atoms with Crippen molar-refractivity contribution in [1.29, 1.82) is 0 Å². The number of rotatable bonds is 4. The lowest BCUT2D eigenvalue weighted by Gasteiger charge is -2.45. The second-order valence-corrected chi connectivity index (χ2v) is 7.67. The van der Waals surface area contributed by atoms with Crippen LogP contribution in [0.4, 0.5) is 14.6 Å². The number of carbonyl (C=O) groups is 2. The molecule has 2 saturated heterocycles. The van der Waals surface area contributed by atoms with Crippen LogP contribution in [0.3, 0.4) is 0 Å². The Balaban J connectivity index is 1.66. The molecule has 3 heterocycles. The molecule has 0 radical (unpaired) electrons. The number of hydrogen-bond acceptors (Lipinski definition) is 4. The minimum Gasteiger partial charge on any atom is -0.380 e. The first kappa shape index (κ1) is 19.7. The third kappa shape index (κ3) is 3.70. The summed E-state index contributed by atoms with van der Waals surface area (Å²) in [7, 11) is 0. The lowest BCUT2D eigenvalue weighted by atomic mass is 9.92. The van der Waals surface area contributed by atoms with Crippen molar-refractivity contribution in [3.05, 3.63) is 58.2 Å². The zero-order chi connectivity index (χ0) is 20.7. The maximum atomic E-state index is 14.4. The molecule has 6 nitrogen and oxygen atoms in total. The largest absolute Gasteiger partial charge is 0.380 e. The number of nitrogens with zero attached hydrogens (tertiary/aromatic N) is 3. The molecule has 2 aliphatic heterocycles. The predicted octanol–water partition coefficient (Wildman–Crippen LogP) is 2.71. The molecule has 2 aromatic rings. The van der Waals surface area contributed by atoms with Crippen LogP contribution in [-0.4, -0.2) is 47.5 Å². The molecule has 2 aliphatic rings. The van der Waals surface area contributed by atoms with E-state index in [1.54, 1.807) is 19.1 Å². The first-order valence-corrected chi connectivity index (χ1v) is 9.47. The summed E-state index contributed by atoms with van der Waals surface area (Å²) in [5, 5.41) is 0.0966. The molecule has 1 aromatic heterocycles. The number of amides is 2. The lowest BCUT2D eigenvalue weighted by molar-refractivity contribution is -0.155. The average Bonchev–Trinajstić information content (AvgIpc) is 2.62. The Morgan fingerprint density at radius 3 is 2.59 bits per heavy atom. The van der Waals surface area contributed by atoms with E-state index in [9.17, 15) is 18.4 Å². The summed E-state index contributed by atoms with van der Waals surface area (Å²) in [4.78, 5) is 32.6. The van der Waals surface area contributed by atoms with Gasteiger partial charge in [0.05, 0.1) is 18.2 Å². The highest BCUT2D eigenvalue weighted by molar-refractivity contribution is 6.30.